The summed E-state index contributed by atoms with van der Waals surface area (Å²) in [6.45, 7) is 1.21. The smallest absolute Gasteiger partial charge is 0.339 e. The monoisotopic (exact) mass is 383 g/mol. The van der Waals surface area contributed by atoms with Gasteiger partial charge < -0.3 is 4.90 Å². The van der Waals surface area contributed by atoms with Crippen molar-refractivity contribution in [3.05, 3.63) is 75.7 Å². The largest absolute Gasteiger partial charge is 0.348 e. The van der Waals surface area contributed by atoms with Crippen LogP contribution in [-0.4, -0.2) is 43.6 Å². The highest BCUT2D eigenvalue weighted by Gasteiger charge is 2.27. The number of aromatic nitrogens is 4. The van der Waals surface area contributed by atoms with E-state index in [4.69, 9.17) is 11.6 Å². The van der Waals surface area contributed by atoms with Gasteiger partial charge in [0.2, 0.25) is 0 Å². The number of nitrogens with one attached hydrogen (secondary N) is 1. The summed E-state index contributed by atoms with van der Waals surface area (Å²) in [5.41, 5.74) is 1.01. The van der Waals surface area contributed by atoms with Crippen LogP contribution in [0.4, 0.5) is 0 Å². The minimum absolute atomic E-state index is 0.0547. The Kier molecular flexibility index (Phi) is 4.77. The number of rotatable bonds is 3. The Labute approximate surface area is 160 Å². The second-order valence-electron chi connectivity index (χ2n) is 6.50. The number of carbonyl (C=O) groups excluding carboxylic acids is 1. The van der Waals surface area contributed by atoms with Gasteiger partial charge in [-0.15, -0.1) is 5.10 Å². The Hall–Kier alpha value is -2.93. The maximum absolute atomic E-state index is 12.6. The summed E-state index contributed by atoms with van der Waals surface area (Å²) in [7, 11) is 0. The van der Waals surface area contributed by atoms with Crippen molar-refractivity contribution in [2.45, 2.75) is 18.8 Å². The molecule has 1 aliphatic rings. The molecule has 0 unspecified atom stereocenters. The Morgan fingerprint density at radius 1 is 1.11 bits per heavy atom. The lowest BCUT2D eigenvalue weighted by Gasteiger charge is -2.31. The van der Waals surface area contributed by atoms with Gasteiger partial charge in [0.15, 0.2) is 0 Å². The number of H-pyrrole nitrogens is 1. The average molecular weight is 384 g/mol. The molecule has 3 heterocycles. The summed E-state index contributed by atoms with van der Waals surface area (Å²) >= 11 is 5.77. The van der Waals surface area contributed by atoms with E-state index in [0.717, 1.165) is 18.5 Å². The highest BCUT2D eigenvalue weighted by atomic mass is 35.5. The normalized spacial score (nSPS) is 15.1. The van der Waals surface area contributed by atoms with Crippen molar-refractivity contribution in [1.82, 2.24) is 24.6 Å². The first-order chi connectivity index (χ1) is 13.1. The third-order valence-electron chi connectivity index (χ3n) is 4.78. The lowest BCUT2D eigenvalue weighted by molar-refractivity contribution is 0.0710. The van der Waals surface area contributed by atoms with Crippen molar-refractivity contribution in [2.24, 2.45) is 0 Å². The lowest BCUT2D eigenvalue weighted by atomic mass is 9.96. The average Bonchev–Trinajstić information content (AvgIpc) is 3.10. The number of nitrogens with zero attached hydrogens (tertiary/aromatic N) is 4. The first-order valence-electron chi connectivity index (χ1n) is 8.77. The van der Waals surface area contributed by atoms with Crippen molar-refractivity contribution >= 4 is 17.5 Å². The Bertz CT molecular complexity index is 989. The van der Waals surface area contributed by atoms with E-state index in [1.165, 1.54) is 10.9 Å². The molecule has 8 heteroatoms. The molecule has 1 N–H and O–H groups in total. The minimum atomic E-state index is -0.248. The van der Waals surface area contributed by atoms with E-state index in [1.807, 2.05) is 30.3 Å². The second-order valence-corrected chi connectivity index (χ2v) is 6.89. The molecule has 27 heavy (non-hydrogen) atoms. The maximum Gasteiger partial charge on any atom is 0.348 e. The van der Waals surface area contributed by atoms with E-state index < -0.39 is 0 Å². The predicted molar refractivity (Wildman–Crippen MR) is 101 cm³/mol. The summed E-state index contributed by atoms with van der Waals surface area (Å²) < 4.78 is 1.38. The molecule has 0 atom stereocenters. The van der Waals surface area contributed by atoms with Gasteiger partial charge in [-0.05, 0) is 37.1 Å². The zero-order valence-corrected chi connectivity index (χ0v) is 15.3. The molecule has 1 aliphatic heterocycles. The number of amides is 1. The molecule has 0 saturated carbocycles. The van der Waals surface area contributed by atoms with Crippen LogP contribution in [0.2, 0.25) is 5.15 Å². The molecule has 7 nitrogen and oxygen atoms in total. The van der Waals surface area contributed by atoms with Gasteiger partial charge in [0, 0.05) is 25.2 Å². The molecular weight excluding hydrogens is 366 g/mol. The van der Waals surface area contributed by atoms with Gasteiger partial charge in [-0.3, -0.25) is 9.78 Å². The Morgan fingerprint density at radius 2 is 1.85 bits per heavy atom. The summed E-state index contributed by atoms with van der Waals surface area (Å²) in [6.07, 6.45) is 2.98. The number of para-hydroxylation sites is 1. The first-order valence-corrected chi connectivity index (χ1v) is 9.15. The topological polar surface area (TPSA) is 83.9 Å². The van der Waals surface area contributed by atoms with Crippen molar-refractivity contribution < 1.29 is 4.79 Å². The van der Waals surface area contributed by atoms with Gasteiger partial charge in [-0.2, -0.15) is 4.68 Å². The first kappa shape index (κ1) is 17.5. The Balaban J connectivity index is 1.44. The van der Waals surface area contributed by atoms with Crippen LogP contribution in [0, 0.1) is 0 Å². The Morgan fingerprint density at radius 3 is 2.52 bits per heavy atom. The van der Waals surface area contributed by atoms with E-state index in [1.54, 1.807) is 17.0 Å². The van der Waals surface area contributed by atoms with Crippen LogP contribution in [0.25, 0.3) is 5.69 Å². The summed E-state index contributed by atoms with van der Waals surface area (Å²) in [6, 6.07) is 12.6. The number of aromatic amines is 1. The van der Waals surface area contributed by atoms with E-state index in [-0.39, 0.29) is 17.5 Å². The number of halogens is 1. The van der Waals surface area contributed by atoms with Gasteiger partial charge in [-0.25, -0.2) is 9.78 Å². The van der Waals surface area contributed by atoms with E-state index >= 15 is 0 Å². The van der Waals surface area contributed by atoms with Crippen molar-refractivity contribution in [1.29, 1.82) is 0 Å². The van der Waals surface area contributed by atoms with Crippen LogP contribution in [0.5, 0.6) is 0 Å². The number of hydrogen-bond acceptors (Lipinski definition) is 4. The SMILES string of the molecule is O=C(c1ccc(Cl)nc1)N1CCC(c2nn(-c3ccccc3)c(=O)[nH]2)CC1. The zero-order valence-electron chi connectivity index (χ0n) is 14.5. The minimum Gasteiger partial charge on any atom is -0.339 e. The third-order valence-corrected chi connectivity index (χ3v) is 5.00. The van der Waals surface area contributed by atoms with Crippen LogP contribution in [0.15, 0.2) is 53.5 Å². The molecule has 4 rings (SSSR count). The number of carbonyl (C=O) groups is 1. The summed E-state index contributed by atoms with van der Waals surface area (Å²) in [5, 5.41) is 4.83. The van der Waals surface area contributed by atoms with Crippen molar-refractivity contribution in [3.63, 3.8) is 0 Å². The molecule has 138 valence electrons. The van der Waals surface area contributed by atoms with Gasteiger partial charge >= 0.3 is 5.69 Å². The molecule has 0 aliphatic carbocycles. The van der Waals surface area contributed by atoms with Gasteiger partial charge in [-0.1, -0.05) is 29.8 Å². The predicted octanol–water partition coefficient (Wildman–Crippen LogP) is 2.63. The standard InChI is InChI=1S/C19H18ClN5O2/c20-16-7-6-14(12-21-16)18(26)24-10-8-13(9-11-24)17-22-19(27)25(23-17)15-4-2-1-3-5-15/h1-7,12-13H,8-11H2,(H,22,23,27). The fourth-order valence-electron chi connectivity index (χ4n) is 3.31. The highest BCUT2D eigenvalue weighted by Crippen LogP contribution is 2.26. The molecule has 2 aromatic heterocycles. The molecule has 0 bridgehead atoms. The molecule has 0 spiro atoms. The fraction of sp³-hybridized carbons (Fsp3) is 0.263. The number of hydrogen-bond donors (Lipinski definition) is 1. The number of pyridine rings is 1. The van der Waals surface area contributed by atoms with E-state index in [9.17, 15) is 9.59 Å². The second kappa shape index (κ2) is 7.36. The van der Waals surface area contributed by atoms with Crippen molar-refractivity contribution in [3.8, 4) is 5.69 Å². The maximum atomic E-state index is 12.6. The number of benzene rings is 1. The van der Waals surface area contributed by atoms with Crippen LogP contribution in [0.1, 0.15) is 34.9 Å². The molecule has 1 amide bonds. The van der Waals surface area contributed by atoms with Crippen molar-refractivity contribution in [2.75, 3.05) is 13.1 Å². The molecule has 3 aromatic rings. The van der Waals surface area contributed by atoms with Gasteiger partial charge in [0.1, 0.15) is 11.0 Å². The van der Waals surface area contributed by atoms with Crippen LogP contribution in [0.3, 0.4) is 0 Å². The quantitative estimate of drug-likeness (QED) is 0.705. The van der Waals surface area contributed by atoms with E-state index in [2.05, 4.69) is 15.1 Å². The summed E-state index contributed by atoms with van der Waals surface area (Å²) in [4.78, 5) is 33.4. The number of likely N-dealkylation sites (tertiary alicyclic amines) is 1. The molecule has 1 aromatic carbocycles. The zero-order chi connectivity index (χ0) is 18.8. The highest BCUT2D eigenvalue weighted by molar-refractivity contribution is 6.29. The molecule has 1 saturated heterocycles. The number of piperidine rings is 1. The van der Waals surface area contributed by atoms with Gasteiger partial charge in [0.05, 0.1) is 11.3 Å². The molecule has 0 radical (unpaired) electrons. The summed E-state index contributed by atoms with van der Waals surface area (Å²) in [5.74, 6) is 0.736. The molecular formula is C19H18ClN5O2. The molecule has 1 fully saturated rings. The third kappa shape index (κ3) is 3.64. The van der Waals surface area contributed by atoms with E-state index in [0.29, 0.717) is 29.6 Å². The fourth-order valence-corrected chi connectivity index (χ4v) is 3.42. The lowest BCUT2D eigenvalue weighted by Crippen LogP contribution is -2.38. The van der Waals surface area contributed by atoms with Crippen LogP contribution < -0.4 is 5.69 Å². The van der Waals surface area contributed by atoms with Crippen LogP contribution >= 0.6 is 11.6 Å². The van der Waals surface area contributed by atoms with Gasteiger partial charge in [0.25, 0.3) is 5.91 Å². The van der Waals surface area contributed by atoms with Crippen LogP contribution in [-0.2, 0) is 0 Å².